The smallest absolute Gasteiger partial charge is 0.270 e. The molecule has 3 N–H and O–H groups in total. The molecule has 2 heterocycles. The maximum Gasteiger partial charge on any atom is 0.270 e. The van der Waals surface area contributed by atoms with Crippen LogP contribution in [0.5, 0.6) is 0 Å². The zero-order valence-corrected chi connectivity index (χ0v) is 13.1. The van der Waals surface area contributed by atoms with Gasteiger partial charge in [-0.15, -0.1) is 0 Å². The number of rotatable bonds is 4. The molecule has 3 rings (SSSR count). The Labute approximate surface area is 135 Å². The van der Waals surface area contributed by atoms with E-state index >= 15 is 0 Å². The lowest BCUT2D eigenvalue weighted by Crippen LogP contribution is -2.50. The molecule has 23 heavy (non-hydrogen) atoms. The van der Waals surface area contributed by atoms with E-state index in [9.17, 15) is 9.59 Å². The number of H-pyrrole nitrogens is 1. The van der Waals surface area contributed by atoms with Gasteiger partial charge in [0.25, 0.3) is 5.91 Å². The Morgan fingerprint density at radius 1 is 1.09 bits per heavy atom. The first kappa shape index (κ1) is 15.6. The fraction of sp³-hybridized carbons (Fsp3) is 0.412. The van der Waals surface area contributed by atoms with Gasteiger partial charge in [-0.2, -0.15) is 0 Å². The number of amides is 2. The van der Waals surface area contributed by atoms with Crippen molar-refractivity contribution in [3.63, 3.8) is 0 Å². The number of nitrogens with two attached hydrogens (primary N) is 1. The van der Waals surface area contributed by atoms with Crippen molar-refractivity contribution >= 4 is 22.7 Å². The number of aromatic amines is 1. The van der Waals surface area contributed by atoms with Crippen molar-refractivity contribution in [1.82, 2.24) is 14.8 Å². The first-order chi connectivity index (χ1) is 11.2. The van der Waals surface area contributed by atoms with Gasteiger partial charge in [-0.25, -0.2) is 0 Å². The van der Waals surface area contributed by atoms with E-state index in [1.807, 2.05) is 35.2 Å². The minimum absolute atomic E-state index is 0.00439. The van der Waals surface area contributed by atoms with E-state index in [0.717, 1.165) is 10.9 Å². The summed E-state index contributed by atoms with van der Waals surface area (Å²) in [7, 11) is 0. The summed E-state index contributed by atoms with van der Waals surface area (Å²) in [5.41, 5.74) is 7.01. The largest absolute Gasteiger partial charge is 0.351 e. The van der Waals surface area contributed by atoms with Gasteiger partial charge in [0.15, 0.2) is 0 Å². The van der Waals surface area contributed by atoms with Gasteiger partial charge in [-0.05, 0) is 25.1 Å². The third kappa shape index (κ3) is 3.37. The van der Waals surface area contributed by atoms with E-state index in [1.165, 1.54) is 0 Å². The molecule has 0 radical (unpaired) electrons. The molecule has 122 valence electrons. The number of carbonyl (C=O) groups excluding carboxylic acids is 2. The quantitative estimate of drug-likeness (QED) is 0.889. The molecule has 1 aliphatic heterocycles. The highest BCUT2D eigenvalue weighted by Gasteiger charge is 2.25. The number of para-hydroxylation sites is 1. The van der Waals surface area contributed by atoms with Crippen molar-refractivity contribution < 1.29 is 9.59 Å². The molecule has 2 amide bonds. The molecular weight excluding hydrogens is 292 g/mol. The molecule has 6 heteroatoms. The van der Waals surface area contributed by atoms with Crippen molar-refractivity contribution in [2.45, 2.75) is 12.8 Å². The lowest BCUT2D eigenvalue weighted by molar-refractivity contribution is -0.132. The van der Waals surface area contributed by atoms with E-state index in [0.29, 0.717) is 51.3 Å². The zero-order valence-electron chi connectivity index (χ0n) is 13.1. The molecule has 0 atom stereocenters. The number of piperazine rings is 1. The Hall–Kier alpha value is -2.34. The van der Waals surface area contributed by atoms with E-state index in [1.54, 1.807) is 4.90 Å². The van der Waals surface area contributed by atoms with Crippen LogP contribution in [0.15, 0.2) is 30.3 Å². The summed E-state index contributed by atoms with van der Waals surface area (Å²) in [6, 6.07) is 9.72. The highest BCUT2D eigenvalue weighted by molar-refractivity contribution is 5.98. The van der Waals surface area contributed by atoms with Crippen LogP contribution in [0.25, 0.3) is 10.9 Å². The van der Waals surface area contributed by atoms with Gasteiger partial charge >= 0.3 is 0 Å². The average Bonchev–Trinajstić information content (AvgIpc) is 3.03. The second kappa shape index (κ2) is 6.83. The summed E-state index contributed by atoms with van der Waals surface area (Å²) < 4.78 is 0. The molecule has 0 spiro atoms. The Morgan fingerprint density at radius 3 is 2.48 bits per heavy atom. The number of hydrogen-bond acceptors (Lipinski definition) is 3. The monoisotopic (exact) mass is 314 g/mol. The second-order valence-electron chi connectivity index (χ2n) is 5.84. The minimum atomic E-state index is -0.00439. The number of nitrogens with zero attached hydrogens (tertiary/aromatic N) is 2. The summed E-state index contributed by atoms with van der Waals surface area (Å²) in [6.07, 6.45) is 1.21. The predicted octanol–water partition coefficient (Wildman–Crippen LogP) is 1.19. The summed E-state index contributed by atoms with van der Waals surface area (Å²) in [4.78, 5) is 31.4. The number of nitrogens with one attached hydrogen (secondary N) is 1. The number of hydrogen-bond donors (Lipinski definition) is 2. The zero-order chi connectivity index (χ0) is 16.2. The van der Waals surface area contributed by atoms with Crippen LogP contribution in [-0.4, -0.2) is 59.3 Å². The first-order valence-electron chi connectivity index (χ1n) is 8.04. The van der Waals surface area contributed by atoms with E-state index in [2.05, 4.69) is 4.98 Å². The van der Waals surface area contributed by atoms with Crippen molar-refractivity contribution in [3.8, 4) is 0 Å². The van der Waals surface area contributed by atoms with Gasteiger partial charge in [0.1, 0.15) is 5.69 Å². The van der Waals surface area contributed by atoms with E-state index in [-0.39, 0.29) is 11.8 Å². The molecule has 1 aromatic heterocycles. The molecule has 1 fully saturated rings. The highest BCUT2D eigenvalue weighted by atomic mass is 16.2. The second-order valence-corrected chi connectivity index (χ2v) is 5.84. The molecule has 0 unspecified atom stereocenters. The molecule has 1 aliphatic rings. The number of carbonyl (C=O) groups is 2. The van der Waals surface area contributed by atoms with Crippen LogP contribution in [0, 0.1) is 0 Å². The SMILES string of the molecule is NCCCC(=O)N1CCN(C(=O)c2cc3ccccc3[nH]2)CC1. The average molecular weight is 314 g/mol. The van der Waals surface area contributed by atoms with Gasteiger partial charge in [0, 0.05) is 43.5 Å². The Balaban J connectivity index is 1.61. The molecule has 2 aromatic rings. The van der Waals surface area contributed by atoms with Crippen molar-refractivity contribution in [1.29, 1.82) is 0 Å². The number of benzene rings is 1. The van der Waals surface area contributed by atoms with Crippen LogP contribution in [0.4, 0.5) is 0 Å². The standard InChI is InChI=1S/C17H22N4O2/c18-7-3-6-16(22)20-8-10-21(11-9-20)17(23)15-12-13-4-1-2-5-14(13)19-15/h1-2,4-5,12,19H,3,6-11,18H2. The number of fused-ring (bicyclic) bond motifs is 1. The lowest BCUT2D eigenvalue weighted by atomic mass is 10.2. The lowest BCUT2D eigenvalue weighted by Gasteiger charge is -2.34. The third-order valence-corrected chi connectivity index (χ3v) is 4.27. The van der Waals surface area contributed by atoms with Crippen LogP contribution >= 0.6 is 0 Å². The molecule has 0 saturated carbocycles. The van der Waals surface area contributed by atoms with Crippen LogP contribution in [0.3, 0.4) is 0 Å². The normalized spacial score (nSPS) is 15.2. The maximum atomic E-state index is 12.6. The Kier molecular flexibility index (Phi) is 4.62. The highest BCUT2D eigenvalue weighted by Crippen LogP contribution is 2.17. The van der Waals surface area contributed by atoms with Gasteiger partial charge in [0.2, 0.25) is 5.91 Å². The van der Waals surface area contributed by atoms with Crippen molar-refractivity contribution in [3.05, 3.63) is 36.0 Å². The summed E-state index contributed by atoms with van der Waals surface area (Å²) in [6.45, 7) is 2.86. The predicted molar refractivity (Wildman–Crippen MR) is 89.1 cm³/mol. The summed E-state index contributed by atoms with van der Waals surface area (Å²) >= 11 is 0. The maximum absolute atomic E-state index is 12.6. The third-order valence-electron chi connectivity index (χ3n) is 4.27. The van der Waals surface area contributed by atoms with Crippen LogP contribution in [0.2, 0.25) is 0 Å². The molecule has 0 aliphatic carbocycles. The van der Waals surface area contributed by atoms with Gasteiger partial charge in [0.05, 0.1) is 0 Å². The van der Waals surface area contributed by atoms with Crippen LogP contribution in [-0.2, 0) is 4.79 Å². The van der Waals surface area contributed by atoms with E-state index < -0.39 is 0 Å². The molecule has 1 saturated heterocycles. The van der Waals surface area contributed by atoms with Gasteiger partial charge < -0.3 is 20.5 Å². The Bertz CT molecular complexity index is 668. The summed E-state index contributed by atoms with van der Waals surface area (Å²) in [5.74, 6) is 0.128. The fourth-order valence-electron chi connectivity index (χ4n) is 2.93. The van der Waals surface area contributed by atoms with Crippen molar-refractivity contribution in [2.75, 3.05) is 32.7 Å². The van der Waals surface area contributed by atoms with E-state index in [4.69, 9.17) is 5.73 Å². The molecule has 6 nitrogen and oxygen atoms in total. The van der Waals surface area contributed by atoms with Crippen LogP contribution in [0.1, 0.15) is 23.3 Å². The fourth-order valence-corrected chi connectivity index (χ4v) is 2.93. The minimum Gasteiger partial charge on any atom is -0.351 e. The van der Waals surface area contributed by atoms with Crippen LogP contribution < -0.4 is 5.73 Å². The Morgan fingerprint density at radius 2 is 1.78 bits per heavy atom. The topological polar surface area (TPSA) is 82.4 Å². The first-order valence-corrected chi connectivity index (χ1v) is 8.04. The molecule has 0 bridgehead atoms. The van der Waals surface area contributed by atoms with Gasteiger partial charge in [-0.3, -0.25) is 9.59 Å². The molecule has 1 aromatic carbocycles. The summed E-state index contributed by atoms with van der Waals surface area (Å²) in [5, 5.41) is 1.03. The number of aromatic nitrogens is 1. The molecular formula is C17H22N4O2. The van der Waals surface area contributed by atoms with Crippen molar-refractivity contribution in [2.24, 2.45) is 5.73 Å². The van der Waals surface area contributed by atoms with Gasteiger partial charge in [-0.1, -0.05) is 18.2 Å².